The molecule has 0 aromatic rings. The van der Waals surface area contributed by atoms with Crippen LogP contribution in [0.15, 0.2) is 36.5 Å². The van der Waals surface area contributed by atoms with Crippen LogP contribution in [-0.2, 0) is 4.74 Å². The number of fused-ring (bicyclic) bond motifs is 6. The van der Waals surface area contributed by atoms with Gasteiger partial charge in [-0.05, 0) is 87.0 Å². The first kappa shape index (κ1) is 17.0. The van der Waals surface area contributed by atoms with Crippen LogP contribution < -0.4 is 0 Å². The van der Waals surface area contributed by atoms with Crippen LogP contribution >= 0.6 is 0 Å². The first-order chi connectivity index (χ1) is 12.6. The Morgan fingerprint density at radius 2 is 2.19 bits per heavy atom. The van der Waals surface area contributed by atoms with E-state index in [-0.39, 0.29) is 5.60 Å². The van der Waals surface area contributed by atoms with Crippen LogP contribution in [0.4, 0.5) is 0 Å². The topological polar surface area (TPSA) is 33.1 Å². The predicted octanol–water partition coefficient (Wildman–Crippen LogP) is 5.71. The van der Waals surface area contributed by atoms with Gasteiger partial charge in [0.2, 0.25) is 0 Å². The second kappa shape index (κ2) is 5.92. The van der Waals surface area contributed by atoms with E-state index in [1.54, 1.807) is 5.57 Å². The standard InChI is InChI=1S/C24H33NO/c1-3-16-14-17-15-18(25)6-7-19(17)20-8-11-23(4-2)21(22(16)20)9-12-24(23)10-5-13-26-24/h3,5,10,15-16,19-22,25H,1,4,6-9,11-14H2,2H3/t16?,19-,20?,21?,22?,23-,24-/m0/s1. The smallest absolute Gasteiger partial charge is 0.0926 e. The molecule has 4 unspecified atom stereocenters. The molecule has 4 aliphatic carbocycles. The van der Waals surface area contributed by atoms with Crippen molar-refractivity contribution < 1.29 is 4.74 Å². The van der Waals surface area contributed by atoms with E-state index in [0.29, 0.717) is 11.3 Å². The Hall–Kier alpha value is -1.15. The largest absolute Gasteiger partial charge is 0.366 e. The molecule has 1 heterocycles. The maximum atomic E-state index is 8.13. The van der Waals surface area contributed by atoms with Gasteiger partial charge in [-0.3, -0.25) is 0 Å². The summed E-state index contributed by atoms with van der Waals surface area (Å²) in [5, 5.41) is 8.13. The molecular weight excluding hydrogens is 318 g/mol. The number of nitrogens with one attached hydrogen (secondary N) is 1. The van der Waals surface area contributed by atoms with Crippen molar-refractivity contribution in [2.75, 3.05) is 6.61 Å². The van der Waals surface area contributed by atoms with Gasteiger partial charge in [-0.15, -0.1) is 6.58 Å². The highest BCUT2D eigenvalue weighted by atomic mass is 16.5. The molecule has 0 saturated heterocycles. The molecule has 0 amide bonds. The van der Waals surface area contributed by atoms with E-state index in [0.717, 1.165) is 48.8 Å². The van der Waals surface area contributed by atoms with Crippen LogP contribution in [0.5, 0.6) is 0 Å². The predicted molar refractivity (Wildman–Crippen MR) is 106 cm³/mol. The summed E-state index contributed by atoms with van der Waals surface area (Å²) < 4.78 is 6.46. The normalized spacial score (nSPS) is 49.5. The van der Waals surface area contributed by atoms with Crippen LogP contribution in [0.3, 0.4) is 0 Å². The number of hydrogen-bond donors (Lipinski definition) is 1. The van der Waals surface area contributed by atoms with Crippen LogP contribution in [0.25, 0.3) is 0 Å². The molecule has 5 aliphatic rings. The van der Waals surface area contributed by atoms with Gasteiger partial charge < -0.3 is 10.1 Å². The summed E-state index contributed by atoms with van der Waals surface area (Å²) in [7, 11) is 0. The lowest BCUT2D eigenvalue weighted by atomic mass is 9.47. The molecule has 0 aromatic heterocycles. The monoisotopic (exact) mass is 351 g/mol. The maximum Gasteiger partial charge on any atom is 0.0926 e. The van der Waals surface area contributed by atoms with Crippen molar-refractivity contribution in [2.24, 2.45) is 35.0 Å². The molecule has 1 spiro atoms. The zero-order valence-electron chi connectivity index (χ0n) is 16.2. The van der Waals surface area contributed by atoms with E-state index in [1.165, 1.54) is 38.5 Å². The van der Waals surface area contributed by atoms with Crippen molar-refractivity contribution in [3.8, 4) is 0 Å². The fourth-order valence-electron chi connectivity index (χ4n) is 8.10. The van der Waals surface area contributed by atoms with Crippen molar-refractivity contribution in [1.82, 2.24) is 0 Å². The van der Waals surface area contributed by atoms with Gasteiger partial charge in [-0.1, -0.05) is 30.7 Å². The third-order valence-electron chi connectivity index (χ3n) is 9.06. The lowest BCUT2D eigenvalue weighted by Crippen LogP contribution is -2.55. The summed E-state index contributed by atoms with van der Waals surface area (Å²) in [6.07, 6.45) is 19.0. The van der Waals surface area contributed by atoms with E-state index in [2.05, 4.69) is 37.8 Å². The fraction of sp³-hybridized carbons (Fsp3) is 0.708. The molecule has 0 radical (unpaired) electrons. The summed E-state index contributed by atoms with van der Waals surface area (Å²) in [5.74, 6) is 3.67. The van der Waals surface area contributed by atoms with Crippen LogP contribution in [0.1, 0.15) is 58.3 Å². The molecule has 140 valence electrons. The second-order valence-electron chi connectivity index (χ2n) is 9.53. The van der Waals surface area contributed by atoms with Crippen molar-refractivity contribution >= 4 is 5.71 Å². The van der Waals surface area contributed by atoms with Crippen LogP contribution in [0.2, 0.25) is 0 Å². The molecule has 0 bridgehead atoms. The molecule has 3 fully saturated rings. The Balaban J connectivity index is 1.55. The van der Waals surface area contributed by atoms with Gasteiger partial charge in [0, 0.05) is 11.1 Å². The molecule has 26 heavy (non-hydrogen) atoms. The SMILES string of the molecule is C=CC1CC2=CC(=N)CC[C@@H]2C2CC[C@@]3(CC)C(CC[C@@]34C=CCO4)C12. The van der Waals surface area contributed by atoms with Gasteiger partial charge in [0.1, 0.15) is 0 Å². The minimum absolute atomic E-state index is 0.0217. The highest BCUT2D eigenvalue weighted by Crippen LogP contribution is 2.69. The minimum Gasteiger partial charge on any atom is -0.366 e. The highest BCUT2D eigenvalue weighted by Gasteiger charge is 2.65. The first-order valence-corrected chi connectivity index (χ1v) is 10.9. The van der Waals surface area contributed by atoms with Gasteiger partial charge in [-0.2, -0.15) is 0 Å². The highest BCUT2D eigenvalue weighted by molar-refractivity contribution is 5.93. The lowest BCUT2D eigenvalue weighted by molar-refractivity contribution is -0.128. The molecule has 3 saturated carbocycles. The Morgan fingerprint density at radius 1 is 1.31 bits per heavy atom. The van der Waals surface area contributed by atoms with Gasteiger partial charge in [0.05, 0.1) is 12.2 Å². The summed E-state index contributed by atoms with van der Waals surface area (Å²) in [6, 6.07) is 0. The number of rotatable bonds is 2. The molecular formula is C24H33NO. The second-order valence-corrected chi connectivity index (χ2v) is 9.53. The minimum atomic E-state index is 0.0217. The van der Waals surface area contributed by atoms with Gasteiger partial charge >= 0.3 is 0 Å². The summed E-state index contributed by atoms with van der Waals surface area (Å²) in [5.41, 5.74) is 2.78. The van der Waals surface area contributed by atoms with Crippen LogP contribution in [0, 0.1) is 40.4 Å². The third kappa shape index (κ3) is 2.06. The summed E-state index contributed by atoms with van der Waals surface area (Å²) in [4.78, 5) is 0. The zero-order valence-corrected chi connectivity index (χ0v) is 16.2. The number of allylic oxidation sites excluding steroid dienone is 3. The molecule has 2 heteroatoms. The molecule has 7 atom stereocenters. The Kier molecular flexibility index (Phi) is 3.87. The molecule has 5 rings (SSSR count). The van der Waals surface area contributed by atoms with Crippen LogP contribution in [-0.4, -0.2) is 17.9 Å². The maximum absolute atomic E-state index is 8.13. The quantitative estimate of drug-likeness (QED) is 0.635. The van der Waals surface area contributed by atoms with Crippen molar-refractivity contribution in [3.05, 3.63) is 36.5 Å². The first-order valence-electron chi connectivity index (χ1n) is 10.9. The molecule has 1 N–H and O–H groups in total. The molecule has 1 aliphatic heterocycles. The van der Waals surface area contributed by atoms with Gasteiger partial charge in [-0.25, -0.2) is 0 Å². The number of ether oxygens (including phenoxy) is 1. The molecule has 2 nitrogen and oxygen atoms in total. The van der Waals surface area contributed by atoms with Gasteiger partial charge in [0.25, 0.3) is 0 Å². The van der Waals surface area contributed by atoms with E-state index in [9.17, 15) is 0 Å². The fourth-order valence-corrected chi connectivity index (χ4v) is 8.10. The molecule has 0 aromatic carbocycles. The van der Waals surface area contributed by atoms with Crippen molar-refractivity contribution in [3.63, 3.8) is 0 Å². The third-order valence-corrected chi connectivity index (χ3v) is 9.06. The van der Waals surface area contributed by atoms with E-state index < -0.39 is 0 Å². The Morgan fingerprint density at radius 3 is 2.92 bits per heavy atom. The van der Waals surface area contributed by atoms with E-state index >= 15 is 0 Å². The van der Waals surface area contributed by atoms with Gasteiger partial charge in [0.15, 0.2) is 0 Å². The lowest BCUT2D eigenvalue weighted by Gasteiger charge is -2.58. The van der Waals surface area contributed by atoms with Crippen molar-refractivity contribution in [2.45, 2.75) is 63.9 Å². The Labute approximate surface area is 158 Å². The van der Waals surface area contributed by atoms with E-state index in [4.69, 9.17) is 10.1 Å². The van der Waals surface area contributed by atoms with E-state index in [1.807, 2.05) is 0 Å². The zero-order chi connectivity index (χ0) is 17.9. The summed E-state index contributed by atoms with van der Waals surface area (Å²) in [6.45, 7) is 7.48. The average Bonchev–Trinajstić information content (AvgIpc) is 3.27. The summed E-state index contributed by atoms with van der Waals surface area (Å²) >= 11 is 0. The van der Waals surface area contributed by atoms with Crippen molar-refractivity contribution in [1.29, 1.82) is 5.41 Å². The average molecular weight is 352 g/mol. The number of hydrogen-bond acceptors (Lipinski definition) is 2. The Bertz CT molecular complexity index is 690.